The molecule has 1 amide bonds. The molecule has 110 valence electrons. The number of halogens is 2. The smallest absolute Gasteiger partial charge is 0.239 e. The zero-order valence-electron chi connectivity index (χ0n) is 11.4. The Labute approximate surface area is 146 Å². The highest BCUT2D eigenvalue weighted by molar-refractivity contribution is 9.12. The highest BCUT2D eigenvalue weighted by Gasteiger charge is 2.24. The molecule has 0 spiro atoms. The van der Waals surface area contributed by atoms with Crippen molar-refractivity contribution in [3.05, 3.63) is 60.2 Å². The molecule has 5 heteroatoms. The van der Waals surface area contributed by atoms with Gasteiger partial charge in [-0.05, 0) is 36.1 Å². The molecule has 1 N–H and O–H groups in total. The Bertz CT molecular complexity index is 589. The number of benzene rings is 2. The third kappa shape index (κ3) is 4.59. The van der Waals surface area contributed by atoms with Crippen LogP contribution in [0.2, 0.25) is 0 Å². The van der Waals surface area contributed by atoms with Gasteiger partial charge in [0.2, 0.25) is 5.91 Å². The first-order valence-electron chi connectivity index (χ1n) is 6.40. The molecule has 0 unspecified atom stereocenters. The van der Waals surface area contributed by atoms with Crippen molar-refractivity contribution in [2.75, 3.05) is 11.6 Å². The van der Waals surface area contributed by atoms with E-state index >= 15 is 0 Å². The van der Waals surface area contributed by atoms with Gasteiger partial charge in [0.05, 0.1) is 4.83 Å². The molecule has 0 aromatic heterocycles. The van der Waals surface area contributed by atoms with Crippen LogP contribution in [0, 0.1) is 0 Å². The minimum atomic E-state index is -0.347. The maximum Gasteiger partial charge on any atom is 0.239 e. The van der Waals surface area contributed by atoms with Crippen LogP contribution in [0.5, 0.6) is 0 Å². The van der Waals surface area contributed by atoms with Gasteiger partial charge in [0, 0.05) is 10.6 Å². The lowest BCUT2D eigenvalue weighted by Gasteiger charge is -2.17. The third-order valence-electron chi connectivity index (χ3n) is 2.98. The van der Waals surface area contributed by atoms with Crippen LogP contribution in [0.15, 0.2) is 59.5 Å². The van der Waals surface area contributed by atoms with Gasteiger partial charge in [-0.3, -0.25) is 4.79 Å². The number of anilines is 1. The van der Waals surface area contributed by atoms with E-state index in [0.29, 0.717) is 0 Å². The van der Waals surface area contributed by atoms with Gasteiger partial charge >= 0.3 is 0 Å². The van der Waals surface area contributed by atoms with Crippen molar-refractivity contribution in [2.24, 2.45) is 0 Å². The zero-order chi connectivity index (χ0) is 15.2. The van der Waals surface area contributed by atoms with Crippen LogP contribution in [-0.2, 0) is 4.79 Å². The first-order chi connectivity index (χ1) is 10.1. The summed E-state index contributed by atoms with van der Waals surface area (Å²) in [6.07, 6.45) is 2.03. The molecule has 0 aliphatic rings. The number of nitrogens with one attached hydrogen (secondary N) is 1. The Morgan fingerprint density at radius 3 is 2.24 bits per heavy atom. The number of amides is 1. The summed E-state index contributed by atoms with van der Waals surface area (Å²) in [5.74, 6) is -0.0716. The van der Waals surface area contributed by atoms with Crippen molar-refractivity contribution in [1.82, 2.24) is 0 Å². The molecule has 2 aromatic rings. The van der Waals surface area contributed by atoms with E-state index in [0.717, 1.165) is 11.3 Å². The minimum absolute atomic E-state index is 0.0716. The molecule has 0 heterocycles. The first kappa shape index (κ1) is 16.6. The van der Waals surface area contributed by atoms with Gasteiger partial charge in [0.15, 0.2) is 0 Å². The van der Waals surface area contributed by atoms with E-state index in [2.05, 4.69) is 37.2 Å². The molecule has 0 fully saturated rings. The number of alkyl halides is 2. The zero-order valence-corrected chi connectivity index (χ0v) is 15.4. The Hall–Kier alpha value is -0.780. The van der Waals surface area contributed by atoms with Crippen LogP contribution in [0.25, 0.3) is 0 Å². The predicted molar refractivity (Wildman–Crippen MR) is 97.7 cm³/mol. The van der Waals surface area contributed by atoms with Crippen LogP contribution in [0.4, 0.5) is 5.69 Å². The highest BCUT2D eigenvalue weighted by Crippen LogP contribution is 2.31. The molecular formula is C16H15Br2NOS. The molecule has 2 atom stereocenters. The minimum Gasteiger partial charge on any atom is -0.325 e. The van der Waals surface area contributed by atoms with Crippen molar-refractivity contribution >= 4 is 55.2 Å². The number of hydrogen-bond donors (Lipinski definition) is 1. The first-order valence-corrected chi connectivity index (χ1v) is 9.45. The molecule has 2 aromatic carbocycles. The van der Waals surface area contributed by atoms with Crippen LogP contribution in [0.1, 0.15) is 10.4 Å². The number of hydrogen-bond acceptors (Lipinski definition) is 2. The Morgan fingerprint density at radius 1 is 1.05 bits per heavy atom. The number of thioether (sulfide) groups is 1. The summed E-state index contributed by atoms with van der Waals surface area (Å²) in [5.41, 5.74) is 1.86. The van der Waals surface area contributed by atoms with Gasteiger partial charge in [-0.2, -0.15) is 0 Å². The van der Waals surface area contributed by atoms with Crippen molar-refractivity contribution in [2.45, 2.75) is 14.5 Å². The van der Waals surface area contributed by atoms with Crippen LogP contribution < -0.4 is 5.32 Å². The lowest BCUT2D eigenvalue weighted by Crippen LogP contribution is -2.26. The van der Waals surface area contributed by atoms with Gasteiger partial charge in [0.1, 0.15) is 4.83 Å². The fourth-order valence-electron chi connectivity index (χ4n) is 1.82. The molecule has 2 rings (SSSR count). The fraction of sp³-hybridized carbons (Fsp3) is 0.188. The van der Waals surface area contributed by atoms with E-state index < -0.39 is 0 Å². The molecule has 2 nitrogen and oxygen atoms in total. The van der Waals surface area contributed by atoms with Gasteiger partial charge in [0.25, 0.3) is 0 Å². The maximum atomic E-state index is 12.3. The molecule has 0 radical (unpaired) electrons. The topological polar surface area (TPSA) is 29.1 Å². The third-order valence-corrected chi connectivity index (χ3v) is 6.44. The van der Waals surface area contributed by atoms with E-state index in [1.165, 1.54) is 4.90 Å². The second-order valence-electron chi connectivity index (χ2n) is 4.43. The van der Waals surface area contributed by atoms with E-state index in [9.17, 15) is 4.79 Å². The summed E-state index contributed by atoms with van der Waals surface area (Å²) in [7, 11) is 0. The summed E-state index contributed by atoms with van der Waals surface area (Å²) in [6.45, 7) is 0. The van der Waals surface area contributed by atoms with Gasteiger partial charge in [-0.1, -0.05) is 62.2 Å². The van der Waals surface area contributed by atoms with Crippen molar-refractivity contribution in [3.63, 3.8) is 0 Å². The van der Waals surface area contributed by atoms with Crippen LogP contribution >= 0.6 is 43.6 Å². The van der Waals surface area contributed by atoms with E-state index in [1.807, 2.05) is 60.9 Å². The normalized spacial score (nSPS) is 13.5. The standard InChI is InChI=1S/C16H15Br2NOS/c1-21-13-9-7-12(8-10-13)19-16(20)15(18)14(17)11-5-3-2-4-6-11/h2-10,14-15H,1H3,(H,19,20)/t14-,15-/m0/s1. The average Bonchev–Trinajstić information content (AvgIpc) is 2.55. The Morgan fingerprint density at radius 2 is 1.67 bits per heavy atom. The largest absolute Gasteiger partial charge is 0.325 e. The van der Waals surface area contributed by atoms with Gasteiger partial charge in [-0.25, -0.2) is 0 Å². The van der Waals surface area contributed by atoms with Crippen LogP contribution in [0.3, 0.4) is 0 Å². The fourth-order valence-corrected chi connectivity index (χ4v) is 3.20. The quantitative estimate of drug-likeness (QED) is 0.520. The number of carbonyl (C=O) groups is 1. The number of carbonyl (C=O) groups excluding carboxylic acids is 1. The van der Waals surface area contributed by atoms with Crippen molar-refractivity contribution in [3.8, 4) is 0 Å². The molecule has 0 saturated heterocycles. The second kappa shape index (κ2) is 8.01. The summed E-state index contributed by atoms with van der Waals surface area (Å²) >= 11 is 8.72. The summed E-state index contributed by atoms with van der Waals surface area (Å²) < 4.78 is 0. The average molecular weight is 429 g/mol. The van der Waals surface area contributed by atoms with E-state index in [4.69, 9.17) is 0 Å². The van der Waals surface area contributed by atoms with E-state index in [1.54, 1.807) is 11.8 Å². The molecule has 0 aliphatic heterocycles. The molecule has 0 saturated carbocycles. The lowest BCUT2D eigenvalue weighted by molar-refractivity contribution is -0.115. The SMILES string of the molecule is CSc1ccc(NC(=O)[C@@H](Br)[C@@H](Br)c2ccccc2)cc1. The molecular weight excluding hydrogens is 414 g/mol. The van der Waals surface area contributed by atoms with E-state index in [-0.39, 0.29) is 15.6 Å². The van der Waals surface area contributed by atoms with Gasteiger partial charge < -0.3 is 5.32 Å². The maximum absolute atomic E-state index is 12.3. The monoisotopic (exact) mass is 427 g/mol. The van der Waals surface area contributed by atoms with Crippen molar-refractivity contribution in [1.29, 1.82) is 0 Å². The Kier molecular flexibility index (Phi) is 6.33. The summed E-state index contributed by atoms with van der Waals surface area (Å²) in [5, 5.41) is 2.92. The second-order valence-corrected chi connectivity index (χ2v) is 7.28. The molecule has 0 aliphatic carbocycles. The van der Waals surface area contributed by atoms with Crippen LogP contribution in [-0.4, -0.2) is 17.0 Å². The van der Waals surface area contributed by atoms with Gasteiger partial charge in [-0.15, -0.1) is 11.8 Å². The van der Waals surface area contributed by atoms with Crippen molar-refractivity contribution < 1.29 is 4.79 Å². The molecule has 21 heavy (non-hydrogen) atoms. The molecule has 0 bridgehead atoms. The summed E-state index contributed by atoms with van der Waals surface area (Å²) in [4.78, 5) is 13.0. The highest BCUT2D eigenvalue weighted by atomic mass is 79.9. The summed E-state index contributed by atoms with van der Waals surface area (Å²) in [6, 6.07) is 17.7. The lowest BCUT2D eigenvalue weighted by atomic mass is 10.1. The predicted octanol–water partition coefficient (Wildman–Crippen LogP) is 5.25. The Balaban J connectivity index is 2.01. The number of rotatable bonds is 5.